The highest BCUT2D eigenvalue weighted by Gasteiger charge is 2.15. The van der Waals surface area contributed by atoms with Crippen molar-refractivity contribution < 1.29 is 14.6 Å². The summed E-state index contributed by atoms with van der Waals surface area (Å²) in [5, 5.41) is 18.5. The van der Waals surface area contributed by atoms with Crippen molar-refractivity contribution in [2.24, 2.45) is 0 Å². The number of hydrogen-bond acceptors (Lipinski definition) is 6. The average Bonchev–Trinajstić information content (AvgIpc) is 3.09. The standard InChI is InChI=1S/C20H19N3O3S/c1-3-12-23-19(15-6-10-17(26-2)11-7-15)21-22-20(23)27-13-18(25)14-4-8-16(24)9-5-14/h3-11,24H,1,12-13H2,2H3. The lowest BCUT2D eigenvalue weighted by molar-refractivity contribution is 0.102. The van der Waals surface area contributed by atoms with Crippen LogP contribution in [0.4, 0.5) is 0 Å². The van der Waals surface area contributed by atoms with Crippen molar-refractivity contribution in [3.8, 4) is 22.9 Å². The number of carbonyl (C=O) groups is 1. The Hall–Kier alpha value is -3.06. The van der Waals surface area contributed by atoms with Crippen LogP contribution in [-0.4, -0.2) is 38.5 Å². The Kier molecular flexibility index (Phi) is 5.93. The molecule has 0 aliphatic carbocycles. The van der Waals surface area contributed by atoms with Gasteiger partial charge in [-0.2, -0.15) is 0 Å². The van der Waals surface area contributed by atoms with Crippen LogP contribution in [0.1, 0.15) is 10.4 Å². The van der Waals surface area contributed by atoms with Crippen LogP contribution >= 0.6 is 11.8 Å². The van der Waals surface area contributed by atoms with Crippen molar-refractivity contribution in [3.05, 3.63) is 66.7 Å². The summed E-state index contributed by atoms with van der Waals surface area (Å²) in [4.78, 5) is 12.4. The zero-order chi connectivity index (χ0) is 19.2. The van der Waals surface area contributed by atoms with Crippen molar-refractivity contribution in [1.29, 1.82) is 0 Å². The van der Waals surface area contributed by atoms with Crippen molar-refractivity contribution in [1.82, 2.24) is 14.8 Å². The average molecular weight is 381 g/mol. The Bertz CT molecular complexity index is 934. The summed E-state index contributed by atoms with van der Waals surface area (Å²) < 4.78 is 7.11. The Morgan fingerprint density at radius 3 is 2.52 bits per heavy atom. The number of allylic oxidation sites excluding steroid dienone is 1. The van der Waals surface area contributed by atoms with Crippen LogP contribution in [0.25, 0.3) is 11.4 Å². The third-order valence-electron chi connectivity index (χ3n) is 3.90. The molecule has 138 valence electrons. The third kappa shape index (κ3) is 4.38. The van der Waals surface area contributed by atoms with Gasteiger partial charge in [-0.1, -0.05) is 17.8 Å². The number of phenolic OH excluding ortho intramolecular Hbond substituents is 1. The molecule has 27 heavy (non-hydrogen) atoms. The number of nitrogens with zero attached hydrogens (tertiary/aromatic N) is 3. The number of Topliss-reactive ketones (excluding diaryl/α,β-unsaturated/α-hetero) is 1. The van der Waals surface area contributed by atoms with Gasteiger partial charge in [0.2, 0.25) is 0 Å². The molecule has 0 fully saturated rings. The first kappa shape index (κ1) is 18.7. The molecule has 3 rings (SSSR count). The van der Waals surface area contributed by atoms with Gasteiger partial charge in [-0.3, -0.25) is 9.36 Å². The summed E-state index contributed by atoms with van der Waals surface area (Å²) in [6.07, 6.45) is 1.77. The van der Waals surface area contributed by atoms with Crippen molar-refractivity contribution in [2.45, 2.75) is 11.7 Å². The molecule has 1 heterocycles. The largest absolute Gasteiger partial charge is 0.508 e. The van der Waals surface area contributed by atoms with Crippen molar-refractivity contribution >= 4 is 17.5 Å². The van der Waals surface area contributed by atoms with Crippen LogP contribution in [0.5, 0.6) is 11.5 Å². The molecule has 0 unspecified atom stereocenters. The predicted molar refractivity (Wildman–Crippen MR) is 105 cm³/mol. The molecule has 0 aliphatic rings. The van der Waals surface area contributed by atoms with Gasteiger partial charge in [0.05, 0.1) is 12.9 Å². The number of hydrogen-bond donors (Lipinski definition) is 1. The zero-order valence-electron chi connectivity index (χ0n) is 14.8. The van der Waals surface area contributed by atoms with Crippen LogP contribution < -0.4 is 4.74 Å². The molecule has 1 aromatic heterocycles. The van der Waals surface area contributed by atoms with Gasteiger partial charge < -0.3 is 9.84 Å². The smallest absolute Gasteiger partial charge is 0.192 e. The van der Waals surface area contributed by atoms with Crippen LogP contribution in [-0.2, 0) is 6.54 Å². The molecule has 0 aliphatic heterocycles. The van der Waals surface area contributed by atoms with Gasteiger partial charge in [0, 0.05) is 17.7 Å². The van der Waals surface area contributed by atoms with Crippen molar-refractivity contribution in [3.63, 3.8) is 0 Å². The molecular weight excluding hydrogens is 362 g/mol. The maximum atomic E-state index is 12.4. The lowest BCUT2D eigenvalue weighted by atomic mass is 10.1. The van der Waals surface area contributed by atoms with Gasteiger partial charge >= 0.3 is 0 Å². The number of aromatic nitrogens is 3. The van der Waals surface area contributed by atoms with Crippen LogP contribution in [0, 0.1) is 0 Å². The van der Waals surface area contributed by atoms with Crippen LogP contribution in [0.3, 0.4) is 0 Å². The number of thioether (sulfide) groups is 1. The molecule has 0 atom stereocenters. The molecule has 6 nitrogen and oxygen atoms in total. The van der Waals surface area contributed by atoms with E-state index in [4.69, 9.17) is 4.74 Å². The van der Waals surface area contributed by atoms with E-state index in [0.717, 1.165) is 11.3 Å². The number of ether oxygens (including phenoxy) is 1. The second-order valence-electron chi connectivity index (χ2n) is 5.69. The number of benzene rings is 2. The summed E-state index contributed by atoms with van der Waals surface area (Å²) in [7, 11) is 1.62. The molecule has 2 aromatic carbocycles. The summed E-state index contributed by atoms with van der Waals surface area (Å²) in [6, 6.07) is 13.8. The molecule has 0 radical (unpaired) electrons. The van der Waals surface area contributed by atoms with Gasteiger partial charge in [0.15, 0.2) is 16.8 Å². The highest BCUT2D eigenvalue weighted by Crippen LogP contribution is 2.26. The summed E-state index contributed by atoms with van der Waals surface area (Å²) >= 11 is 1.32. The Morgan fingerprint density at radius 1 is 1.19 bits per heavy atom. The maximum absolute atomic E-state index is 12.4. The van der Waals surface area contributed by atoms with Gasteiger partial charge in [0.1, 0.15) is 11.5 Å². The minimum atomic E-state index is -0.0425. The zero-order valence-corrected chi connectivity index (χ0v) is 15.6. The first-order valence-corrected chi connectivity index (χ1v) is 9.24. The van der Waals surface area contributed by atoms with E-state index in [2.05, 4.69) is 16.8 Å². The number of phenols is 1. The molecule has 0 bridgehead atoms. The maximum Gasteiger partial charge on any atom is 0.192 e. The van der Waals surface area contributed by atoms with Crippen molar-refractivity contribution in [2.75, 3.05) is 12.9 Å². The first-order chi connectivity index (χ1) is 13.1. The predicted octanol–water partition coefficient (Wildman–Crippen LogP) is 3.82. The normalized spacial score (nSPS) is 10.6. The lowest BCUT2D eigenvalue weighted by Crippen LogP contribution is -2.05. The lowest BCUT2D eigenvalue weighted by Gasteiger charge is -2.08. The summed E-state index contributed by atoms with van der Waals surface area (Å²) in [6.45, 7) is 4.33. The van der Waals surface area contributed by atoms with Gasteiger partial charge in [-0.05, 0) is 48.5 Å². The quantitative estimate of drug-likeness (QED) is 0.363. The second-order valence-corrected chi connectivity index (χ2v) is 6.64. The van der Waals surface area contributed by atoms with Gasteiger partial charge in [-0.25, -0.2) is 0 Å². The molecular formula is C20H19N3O3S. The molecule has 3 aromatic rings. The number of carbonyl (C=O) groups excluding carboxylic acids is 1. The van der Waals surface area contributed by atoms with Gasteiger partial charge in [-0.15, -0.1) is 16.8 Å². The Morgan fingerprint density at radius 2 is 1.89 bits per heavy atom. The highest BCUT2D eigenvalue weighted by atomic mass is 32.2. The van der Waals surface area contributed by atoms with E-state index in [0.29, 0.717) is 23.1 Å². The number of aromatic hydroxyl groups is 1. The fourth-order valence-electron chi connectivity index (χ4n) is 2.50. The first-order valence-electron chi connectivity index (χ1n) is 8.26. The SMILES string of the molecule is C=CCn1c(SCC(=O)c2ccc(O)cc2)nnc1-c1ccc(OC)cc1. The molecule has 0 saturated carbocycles. The topological polar surface area (TPSA) is 77.2 Å². The second kappa shape index (κ2) is 8.55. The minimum absolute atomic E-state index is 0.0425. The van der Waals surface area contributed by atoms with E-state index in [1.54, 1.807) is 25.3 Å². The number of methoxy groups -OCH3 is 1. The van der Waals surface area contributed by atoms with E-state index in [-0.39, 0.29) is 17.3 Å². The van der Waals surface area contributed by atoms with E-state index >= 15 is 0 Å². The van der Waals surface area contributed by atoms with E-state index in [9.17, 15) is 9.90 Å². The van der Waals surface area contributed by atoms with Gasteiger partial charge in [0.25, 0.3) is 0 Å². The molecule has 0 amide bonds. The fourth-order valence-corrected chi connectivity index (χ4v) is 3.35. The van der Waals surface area contributed by atoms with Crippen LogP contribution in [0.15, 0.2) is 66.3 Å². The Balaban J connectivity index is 1.79. The van der Waals surface area contributed by atoms with Crippen LogP contribution in [0.2, 0.25) is 0 Å². The fraction of sp³-hybridized carbons (Fsp3) is 0.150. The minimum Gasteiger partial charge on any atom is -0.508 e. The number of rotatable bonds is 8. The summed E-state index contributed by atoms with van der Waals surface area (Å²) in [5.74, 6) is 1.79. The molecule has 0 spiro atoms. The monoisotopic (exact) mass is 381 g/mol. The third-order valence-corrected chi connectivity index (χ3v) is 4.87. The molecule has 1 N–H and O–H groups in total. The highest BCUT2D eigenvalue weighted by molar-refractivity contribution is 7.99. The Labute approximate surface area is 161 Å². The molecule has 0 saturated heterocycles. The van der Waals surface area contributed by atoms with E-state index in [1.165, 1.54) is 23.9 Å². The molecule has 7 heteroatoms. The van der Waals surface area contributed by atoms with E-state index in [1.807, 2.05) is 28.8 Å². The summed E-state index contributed by atoms with van der Waals surface area (Å²) in [5.41, 5.74) is 1.45. The van der Waals surface area contributed by atoms with E-state index < -0.39 is 0 Å². The number of ketones is 1.